The topological polar surface area (TPSA) is 99.1 Å². The molecule has 1 aromatic carbocycles. The second-order valence-corrected chi connectivity index (χ2v) is 7.62. The number of carbonyl (C=O) groups excluding carboxylic acids is 1. The molecule has 0 bridgehead atoms. The summed E-state index contributed by atoms with van der Waals surface area (Å²) in [5.74, 6) is 1.81. The highest BCUT2D eigenvalue weighted by Crippen LogP contribution is 2.17. The number of aryl methyl sites for hydroxylation is 3. The molecule has 0 unspecified atom stereocenters. The maximum absolute atomic E-state index is 12.6. The Morgan fingerprint density at radius 2 is 2.00 bits per heavy atom. The second-order valence-electron chi connectivity index (χ2n) is 7.62. The number of fused-ring (bicyclic) bond motifs is 1. The first-order valence-electron chi connectivity index (χ1n) is 10.4. The standard InChI is InChI=1S/C21H26N6O3/c1-3-11-27-21(29)26-13-12-25(14-17(26)23-27)19(28)6-4-5-18-22-20(24-30-18)16-9-7-15(2)8-10-16/h7-10H,3-6,11-14H2,1-2H3. The van der Waals surface area contributed by atoms with Crippen molar-refractivity contribution in [3.05, 3.63) is 52.0 Å². The van der Waals surface area contributed by atoms with Crippen molar-refractivity contribution in [2.24, 2.45) is 0 Å². The lowest BCUT2D eigenvalue weighted by molar-refractivity contribution is -0.132. The Kier molecular flexibility index (Phi) is 5.78. The molecule has 1 amide bonds. The summed E-state index contributed by atoms with van der Waals surface area (Å²) in [7, 11) is 0. The molecule has 0 radical (unpaired) electrons. The molecule has 3 aromatic rings. The molecule has 0 fully saturated rings. The van der Waals surface area contributed by atoms with Gasteiger partial charge in [0.15, 0.2) is 5.82 Å². The van der Waals surface area contributed by atoms with E-state index in [0.717, 1.165) is 12.0 Å². The van der Waals surface area contributed by atoms with E-state index in [0.29, 0.717) is 63.0 Å². The molecule has 0 saturated carbocycles. The van der Waals surface area contributed by atoms with E-state index in [4.69, 9.17) is 4.52 Å². The van der Waals surface area contributed by atoms with Crippen molar-refractivity contribution in [1.82, 2.24) is 29.4 Å². The molecule has 158 valence electrons. The molecule has 0 atom stereocenters. The van der Waals surface area contributed by atoms with Crippen LogP contribution in [0.5, 0.6) is 0 Å². The number of benzene rings is 1. The predicted molar refractivity (Wildman–Crippen MR) is 110 cm³/mol. The van der Waals surface area contributed by atoms with Crippen LogP contribution < -0.4 is 5.69 Å². The molecule has 30 heavy (non-hydrogen) atoms. The molecule has 3 heterocycles. The summed E-state index contributed by atoms with van der Waals surface area (Å²) in [5.41, 5.74) is 2.00. The van der Waals surface area contributed by atoms with Gasteiger partial charge in [-0.15, -0.1) is 0 Å². The van der Waals surface area contributed by atoms with Gasteiger partial charge in [-0.05, 0) is 19.8 Å². The van der Waals surface area contributed by atoms with Gasteiger partial charge >= 0.3 is 5.69 Å². The van der Waals surface area contributed by atoms with Crippen molar-refractivity contribution in [2.45, 2.75) is 59.2 Å². The number of hydrogen-bond acceptors (Lipinski definition) is 6. The first-order chi connectivity index (χ1) is 14.5. The third-order valence-electron chi connectivity index (χ3n) is 5.27. The van der Waals surface area contributed by atoms with Gasteiger partial charge in [0.1, 0.15) is 0 Å². The van der Waals surface area contributed by atoms with E-state index >= 15 is 0 Å². The molecule has 0 spiro atoms. The molecular formula is C21H26N6O3. The normalized spacial score (nSPS) is 13.5. The Balaban J connectivity index is 1.30. The van der Waals surface area contributed by atoms with Crippen molar-refractivity contribution in [2.75, 3.05) is 6.54 Å². The molecule has 1 aliphatic rings. The molecule has 0 N–H and O–H groups in total. The third kappa shape index (κ3) is 4.19. The van der Waals surface area contributed by atoms with Crippen LogP contribution in [0.15, 0.2) is 33.6 Å². The van der Waals surface area contributed by atoms with Crippen molar-refractivity contribution in [3.8, 4) is 11.4 Å². The van der Waals surface area contributed by atoms with E-state index in [1.54, 1.807) is 9.47 Å². The Morgan fingerprint density at radius 1 is 1.20 bits per heavy atom. The average molecular weight is 410 g/mol. The van der Waals surface area contributed by atoms with Crippen molar-refractivity contribution in [1.29, 1.82) is 0 Å². The van der Waals surface area contributed by atoms with E-state index in [9.17, 15) is 9.59 Å². The average Bonchev–Trinajstić information content (AvgIpc) is 3.33. The van der Waals surface area contributed by atoms with E-state index in [1.807, 2.05) is 38.1 Å². The third-order valence-corrected chi connectivity index (χ3v) is 5.27. The minimum absolute atomic E-state index is 0.0528. The highest BCUT2D eigenvalue weighted by Gasteiger charge is 2.24. The largest absolute Gasteiger partial charge is 0.346 e. The monoisotopic (exact) mass is 410 g/mol. The van der Waals surface area contributed by atoms with Crippen LogP contribution in [-0.4, -0.2) is 41.8 Å². The lowest BCUT2D eigenvalue weighted by Gasteiger charge is -2.26. The Bertz CT molecular complexity index is 1080. The van der Waals surface area contributed by atoms with Crippen LogP contribution in [0.4, 0.5) is 0 Å². The van der Waals surface area contributed by atoms with Gasteiger partial charge in [-0.1, -0.05) is 41.9 Å². The van der Waals surface area contributed by atoms with Gasteiger partial charge in [-0.25, -0.2) is 9.48 Å². The van der Waals surface area contributed by atoms with Gasteiger partial charge in [0.05, 0.1) is 6.54 Å². The highest BCUT2D eigenvalue weighted by molar-refractivity contribution is 5.76. The van der Waals surface area contributed by atoms with Crippen molar-refractivity contribution < 1.29 is 9.32 Å². The predicted octanol–water partition coefficient (Wildman–Crippen LogP) is 2.18. The minimum atomic E-state index is -0.0836. The highest BCUT2D eigenvalue weighted by atomic mass is 16.5. The number of hydrogen-bond donors (Lipinski definition) is 0. The molecule has 1 aliphatic heterocycles. The van der Waals surface area contributed by atoms with Crippen LogP contribution in [0.25, 0.3) is 11.4 Å². The first-order valence-corrected chi connectivity index (χ1v) is 10.4. The van der Waals surface area contributed by atoms with Crippen LogP contribution in [0.1, 0.15) is 43.5 Å². The molecular weight excluding hydrogens is 384 g/mol. The summed E-state index contributed by atoms with van der Waals surface area (Å²) in [4.78, 5) is 31.1. The second kappa shape index (κ2) is 8.64. The molecule has 0 saturated heterocycles. The maximum Gasteiger partial charge on any atom is 0.346 e. The minimum Gasteiger partial charge on any atom is -0.339 e. The number of nitrogens with zero attached hydrogens (tertiary/aromatic N) is 6. The van der Waals surface area contributed by atoms with Crippen molar-refractivity contribution >= 4 is 5.91 Å². The smallest absolute Gasteiger partial charge is 0.339 e. The van der Waals surface area contributed by atoms with Gasteiger partial charge < -0.3 is 9.42 Å². The van der Waals surface area contributed by atoms with Crippen LogP contribution in [-0.2, 0) is 30.8 Å². The Morgan fingerprint density at radius 3 is 2.77 bits per heavy atom. The van der Waals surface area contributed by atoms with Gasteiger partial charge in [0, 0.05) is 38.0 Å². The summed E-state index contributed by atoms with van der Waals surface area (Å²) < 4.78 is 8.49. The number of aromatic nitrogens is 5. The van der Waals surface area contributed by atoms with E-state index in [-0.39, 0.29) is 11.6 Å². The lowest BCUT2D eigenvalue weighted by Crippen LogP contribution is -2.40. The lowest BCUT2D eigenvalue weighted by atomic mass is 10.1. The van der Waals surface area contributed by atoms with Crippen molar-refractivity contribution in [3.63, 3.8) is 0 Å². The quantitative estimate of drug-likeness (QED) is 0.592. The summed E-state index contributed by atoms with van der Waals surface area (Å²) in [6, 6.07) is 7.94. The van der Waals surface area contributed by atoms with Gasteiger partial charge in [0.2, 0.25) is 17.6 Å². The SMILES string of the molecule is CCCn1nc2n(c1=O)CCN(C(=O)CCCc1nc(-c3ccc(C)cc3)no1)C2. The zero-order chi connectivity index (χ0) is 21.1. The Hall–Kier alpha value is -3.23. The molecule has 9 heteroatoms. The molecule has 9 nitrogen and oxygen atoms in total. The Labute approximate surface area is 174 Å². The fourth-order valence-corrected chi connectivity index (χ4v) is 3.59. The first kappa shape index (κ1) is 20.1. The maximum atomic E-state index is 12.6. The van der Waals surface area contributed by atoms with Crippen LogP contribution in [0, 0.1) is 6.92 Å². The number of amides is 1. The molecule has 0 aliphatic carbocycles. The van der Waals surface area contributed by atoms with Crippen LogP contribution in [0.3, 0.4) is 0 Å². The molecule has 2 aromatic heterocycles. The summed E-state index contributed by atoms with van der Waals surface area (Å²) in [6.45, 7) is 6.04. The summed E-state index contributed by atoms with van der Waals surface area (Å²) in [5, 5.41) is 8.41. The summed E-state index contributed by atoms with van der Waals surface area (Å²) >= 11 is 0. The van der Waals surface area contributed by atoms with Gasteiger partial charge in [0.25, 0.3) is 0 Å². The molecule has 4 rings (SSSR count). The van der Waals surface area contributed by atoms with Gasteiger partial charge in [-0.3, -0.25) is 9.36 Å². The number of rotatable bonds is 7. The van der Waals surface area contributed by atoms with E-state index < -0.39 is 0 Å². The zero-order valence-electron chi connectivity index (χ0n) is 17.4. The van der Waals surface area contributed by atoms with Gasteiger partial charge in [-0.2, -0.15) is 10.1 Å². The summed E-state index contributed by atoms with van der Waals surface area (Å²) in [6.07, 6.45) is 2.42. The fraction of sp³-hybridized carbons (Fsp3) is 0.476. The van der Waals surface area contributed by atoms with Crippen LogP contribution >= 0.6 is 0 Å². The fourth-order valence-electron chi connectivity index (χ4n) is 3.59. The van der Waals surface area contributed by atoms with Crippen LogP contribution in [0.2, 0.25) is 0 Å². The van der Waals surface area contributed by atoms with E-state index in [2.05, 4.69) is 15.2 Å². The van der Waals surface area contributed by atoms with E-state index in [1.165, 1.54) is 10.2 Å². The number of carbonyl (C=O) groups is 1. The zero-order valence-corrected chi connectivity index (χ0v) is 17.4.